The molecule has 0 unspecified atom stereocenters. The summed E-state index contributed by atoms with van der Waals surface area (Å²) >= 11 is 1.62. The summed E-state index contributed by atoms with van der Waals surface area (Å²) in [5, 5.41) is 1.14. The molecule has 4 heterocycles. The first-order valence-corrected chi connectivity index (χ1v) is 9.03. The molecular weight excluding hydrogens is 322 g/mol. The van der Waals surface area contributed by atoms with Crippen molar-refractivity contribution in [1.82, 2.24) is 15.0 Å². The first kappa shape index (κ1) is 15.7. The van der Waals surface area contributed by atoms with Gasteiger partial charge in [-0.1, -0.05) is 0 Å². The molecule has 0 amide bonds. The predicted molar refractivity (Wildman–Crippen MR) is 95.8 cm³/mol. The molecule has 0 bridgehead atoms. The van der Waals surface area contributed by atoms with Crippen LogP contribution in [0.3, 0.4) is 0 Å². The zero-order valence-corrected chi connectivity index (χ0v) is 15.5. The molecule has 0 atom stereocenters. The molecule has 0 radical (unpaired) electrons. The van der Waals surface area contributed by atoms with Crippen LogP contribution in [-0.4, -0.2) is 26.7 Å². The van der Waals surface area contributed by atoms with Crippen LogP contribution in [0.1, 0.15) is 44.5 Å². The Bertz CT molecular complexity index is 946. The minimum atomic E-state index is -0.174. The molecule has 24 heavy (non-hydrogen) atoms. The van der Waals surface area contributed by atoms with E-state index in [0.717, 1.165) is 32.5 Å². The Morgan fingerprint density at radius 3 is 2.79 bits per heavy atom. The van der Waals surface area contributed by atoms with E-state index in [0.29, 0.717) is 12.5 Å². The van der Waals surface area contributed by atoms with Crippen LogP contribution < -0.4 is 4.74 Å². The Balaban J connectivity index is 2.04. The number of ether oxygens (including phenoxy) is 2. The smallest absolute Gasteiger partial charge is 0.235 e. The van der Waals surface area contributed by atoms with E-state index in [1.165, 1.54) is 11.1 Å². The number of hydrogen-bond acceptors (Lipinski definition) is 6. The zero-order valence-electron chi connectivity index (χ0n) is 14.6. The van der Waals surface area contributed by atoms with Crippen LogP contribution in [0.25, 0.3) is 20.4 Å². The van der Waals surface area contributed by atoms with E-state index in [9.17, 15) is 0 Å². The molecule has 6 heteroatoms. The van der Waals surface area contributed by atoms with Gasteiger partial charge in [-0.05, 0) is 40.2 Å². The first-order chi connectivity index (χ1) is 11.4. The minimum Gasteiger partial charge on any atom is -0.474 e. The molecule has 126 valence electrons. The number of hydrogen-bond donors (Lipinski definition) is 0. The van der Waals surface area contributed by atoms with Crippen LogP contribution in [0, 0.1) is 6.92 Å². The largest absolute Gasteiger partial charge is 0.474 e. The van der Waals surface area contributed by atoms with Crippen molar-refractivity contribution in [1.29, 1.82) is 0 Å². The molecule has 3 aromatic heterocycles. The number of fused-ring (bicyclic) bond motifs is 5. The third-order valence-corrected chi connectivity index (χ3v) is 5.41. The zero-order chi connectivity index (χ0) is 17.1. The van der Waals surface area contributed by atoms with Crippen molar-refractivity contribution in [3.8, 4) is 5.88 Å². The highest BCUT2D eigenvalue weighted by Gasteiger charge is 2.31. The fourth-order valence-electron chi connectivity index (χ4n) is 3.25. The molecule has 0 aromatic carbocycles. The first-order valence-electron chi connectivity index (χ1n) is 8.22. The van der Waals surface area contributed by atoms with Crippen molar-refractivity contribution in [3.05, 3.63) is 23.1 Å². The third kappa shape index (κ3) is 2.45. The molecular formula is C18H21N3O2S. The normalized spacial score (nSPS) is 16.8. The Labute approximate surface area is 145 Å². The Kier molecular flexibility index (Phi) is 3.51. The van der Waals surface area contributed by atoms with Crippen molar-refractivity contribution >= 4 is 31.8 Å². The van der Waals surface area contributed by atoms with Crippen molar-refractivity contribution in [2.24, 2.45) is 0 Å². The number of nitrogens with zero attached hydrogens (tertiary/aromatic N) is 3. The van der Waals surface area contributed by atoms with Crippen LogP contribution in [0.4, 0.5) is 0 Å². The van der Waals surface area contributed by atoms with Crippen LogP contribution in [0.5, 0.6) is 5.88 Å². The number of aromatic nitrogens is 3. The molecule has 5 nitrogen and oxygen atoms in total. The molecule has 0 aliphatic carbocycles. The molecule has 4 rings (SSSR count). The lowest BCUT2D eigenvalue weighted by Gasteiger charge is -2.32. The molecule has 0 saturated carbocycles. The highest BCUT2D eigenvalue weighted by molar-refractivity contribution is 7.25. The summed E-state index contributed by atoms with van der Waals surface area (Å²) in [4.78, 5) is 14.7. The second kappa shape index (κ2) is 5.36. The highest BCUT2D eigenvalue weighted by atomic mass is 32.1. The monoisotopic (exact) mass is 343 g/mol. The van der Waals surface area contributed by atoms with Gasteiger partial charge in [-0.15, -0.1) is 11.3 Å². The number of rotatable bonds is 2. The highest BCUT2D eigenvalue weighted by Crippen LogP contribution is 2.42. The number of thiophene rings is 1. The van der Waals surface area contributed by atoms with E-state index in [2.05, 4.69) is 30.7 Å². The predicted octanol–water partition coefficient (Wildman–Crippen LogP) is 4.19. The van der Waals surface area contributed by atoms with Crippen LogP contribution in [0.2, 0.25) is 0 Å². The van der Waals surface area contributed by atoms with Gasteiger partial charge in [0.25, 0.3) is 0 Å². The molecule has 0 N–H and O–H groups in total. The van der Waals surface area contributed by atoms with Crippen molar-refractivity contribution < 1.29 is 9.47 Å². The lowest BCUT2D eigenvalue weighted by molar-refractivity contribution is -0.0400. The van der Waals surface area contributed by atoms with Gasteiger partial charge >= 0.3 is 0 Å². The van der Waals surface area contributed by atoms with Gasteiger partial charge in [0.1, 0.15) is 15.9 Å². The molecule has 0 spiro atoms. The number of aryl methyl sites for hydroxylation is 1. The van der Waals surface area contributed by atoms with Gasteiger partial charge in [-0.3, -0.25) is 0 Å². The summed E-state index contributed by atoms with van der Waals surface area (Å²) in [7, 11) is 0. The molecule has 1 aliphatic heterocycles. The summed E-state index contributed by atoms with van der Waals surface area (Å²) in [6.45, 7) is 10.9. The van der Waals surface area contributed by atoms with Gasteiger partial charge in [0.05, 0.1) is 23.8 Å². The molecule has 0 saturated heterocycles. The van der Waals surface area contributed by atoms with E-state index in [1.54, 1.807) is 17.7 Å². The molecule has 3 aromatic rings. The van der Waals surface area contributed by atoms with Gasteiger partial charge in [0, 0.05) is 23.1 Å². The Morgan fingerprint density at radius 2 is 2.04 bits per heavy atom. The van der Waals surface area contributed by atoms with Gasteiger partial charge in [0.2, 0.25) is 5.88 Å². The summed E-state index contributed by atoms with van der Waals surface area (Å²) in [5.74, 6) is 0.649. The number of pyridine rings is 1. The maximum atomic E-state index is 5.99. The maximum Gasteiger partial charge on any atom is 0.235 e. The topological polar surface area (TPSA) is 57.1 Å². The molecule has 1 aliphatic rings. The second-order valence-corrected chi connectivity index (χ2v) is 8.18. The van der Waals surface area contributed by atoms with Gasteiger partial charge in [0.15, 0.2) is 0 Å². The van der Waals surface area contributed by atoms with Crippen molar-refractivity contribution in [2.45, 2.75) is 59.4 Å². The van der Waals surface area contributed by atoms with Crippen LogP contribution in [0.15, 0.2) is 6.33 Å². The third-order valence-electron chi connectivity index (χ3n) is 4.35. The Morgan fingerprint density at radius 1 is 1.25 bits per heavy atom. The van der Waals surface area contributed by atoms with Crippen LogP contribution in [-0.2, 0) is 17.8 Å². The van der Waals surface area contributed by atoms with E-state index in [1.807, 2.05) is 13.8 Å². The van der Waals surface area contributed by atoms with Gasteiger partial charge in [-0.2, -0.15) is 0 Å². The standard InChI is InChI=1S/C18H21N3O2S/c1-9(2)23-16-15-14(19-8-20-16)13-11-6-18(4,5)22-7-12(11)10(3)21-17(13)24-15/h8-9H,6-7H2,1-5H3. The summed E-state index contributed by atoms with van der Waals surface area (Å²) in [5.41, 5.74) is 4.33. The van der Waals surface area contributed by atoms with Crippen molar-refractivity contribution in [3.63, 3.8) is 0 Å². The maximum absolute atomic E-state index is 5.99. The van der Waals surface area contributed by atoms with Crippen LogP contribution >= 0.6 is 11.3 Å². The molecule has 0 fully saturated rings. The quantitative estimate of drug-likeness (QED) is 0.698. The lowest BCUT2D eigenvalue weighted by atomic mass is 9.89. The SMILES string of the molecule is Cc1nc2sc3c(OC(C)C)ncnc3c2c2c1COC(C)(C)C2. The lowest BCUT2D eigenvalue weighted by Crippen LogP contribution is -2.32. The average Bonchev–Trinajstić information content (AvgIpc) is 2.85. The Hall–Kier alpha value is -1.79. The fourth-order valence-corrected chi connectivity index (χ4v) is 4.39. The van der Waals surface area contributed by atoms with E-state index >= 15 is 0 Å². The van der Waals surface area contributed by atoms with Crippen molar-refractivity contribution in [2.75, 3.05) is 0 Å². The van der Waals surface area contributed by atoms with E-state index < -0.39 is 0 Å². The summed E-state index contributed by atoms with van der Waals surface area (Å²) in [6.07, 6.45) is 2.52. The summed E-state index contributed by atoms with van der Waals surface area (Å²) < 4.78 is 12.8. The van der Waals surface area contributed by atoms with E-state index in [4.69, 9.17) is 14.5 Å². The van der Waals surface area contributed by atoms with E-state index in [-0.39, 0.29) is 11.7 Å². The fraction of sp³-hybridized carbons (Fsp3) is 0.500. The average molecular weight is 343 g/mol. The van der Waals surface area contributed by atoms with Gasteiger partial charge < -0.3 is 9.47 Å². The summed E-state index contributed by atoms with van der Waals surface area (Å²) in [6, 6.07) is 0. The minimum absolute atomic E-state index is 0.0734. The van der Waals surface area contributed by atoms with Gasteiger partial charge in [-0.25, -0.2) is 15.0 Å². The second-order valence-electron chi connectivity index (χ2n) is 7.18.